The second kappa shape index (κ2) is 6.50. The van der Waals surface area contributed by atoms with Crippen LogP contribution in [0.5, 0.6) is 0 Å². The average molecular weight is 273 g/mol. The molecule has 0 aliphatic carbocycles. The Labute approximate surface area is 97.1 Å². The smallest absolute Gasteiger partial charge is 0.214 e. The molecule has 3 N–H and O–H groups in total. The van der Waals surface area contributed by atoms with Gasteiger partial charge in [0, 0.05) is 20.6 Å². The van der Waals surface area contributed by atoms with E-state index in [2.05, 4.69) is 4.72 Å². The Kier molecular flexibility index (Phi) is 6.41. The summed E-state index contributed by atoms with van der Waals surface area (Å²) in [4.78, 5) is 0. The van der Waals surface area contributed by atoms with Crippen LogP contribution in [0.1, 0.15) is 6.42 Å². The highest BCUT2D eigenvalue weighted by Gasteiger charge is 2.15. The van der Waals surface area contributed by atoms with Gasteiger partial charge in [-0.15, -0.1) is 0 Å². The van der Waals surface area contributed by atoms with Gasteiger partial charge in [-0.1, -0.05) is 0 Å². The van der Waals surface area contributed by atoms with Crippen LogP contribution in [-0.2, 0) is 20.0 Å². The lowest BCUT2D eigenvalue weighted by atomic mass is 10.5. The van der Waals surface area contributed by atoms with E-state index in [0.29, 0.717) is 6.42 Å². The Balaban J connectivity index is 4.09. The van der Waals surface area contributed by atoms with Crippen molar-refractivity contribution in [3.8, 4) is 0 Å². The molecule has 98 valence electrons. The number of hydrogen-bond donors (Lipinski definition) is 2. The van der Waals surface area contributed by atoms with Crippen molar-refractivity contribution in [2.24, 2.45) is 5.73 Å². The molecule has 0 amide bonds. The maximum atomic E-state index is 11.3. The van der Waals surface area contributed by atoms with E-state index in [1.807, 2.05) is 0 Å². The molecule has 0 rings (SSSR count). The fourth-order valence-electron chi connectivity index (χ4n) is 0.854. The van der Waals surface area contributed by atoms with Crippen LogP contribution < -0.4 is 10.5 Å². The summed E-state index contributed by atoms with van der Waals surface area (Å²) < 4.78 is 48.4. The van der Waals surface area contributed by atoms with Gasteiger partial charge in [0.05, 0.1) is 11.5 Å². The first-order chi connectivity index (χ1) is 7.21. The van der Waals surface area contributed by atoms with E-state index in [0.717, 1.165) is 4.31 Å². The molecule has 0 aromatic carbocycles. The summed E-state index contributed by atoms with van der Waals surface area (Å²) in [5.74, 6) is -0.326. The van der Waals surface area contributed by atoms with E-state index in [4.69, 9.17) is 5.73 Å². The molecule has 0 radical (unpaired) electrons. The second-order valence-corrected chi connectivity index (χ2v) is 7.68. The molecule has 0 aromatic heterocycles. The first kappa shape index (κ1) is 15.8. The Hall–Kier alpha value is -0.220. The summed E-state index contributed by atoms with van der Waals surface area (Å²) in [6.07, 6.45) is 0.357. The third-order valence-electron chi connectivity index (χ3n) is 1.86. The zero-order valence-corrected chi connectivity index (χ0v) is 11.1. The fourth-order valence-corrected chi connectivity index (χ4v) is 2.81. The van der Waals surface area contributed by atoms with Gasteiger partial charge in [0.2, 0.25) is 20.0 Å². The van der Waals surface area contributed by atoms with Crippen LogP contribution in [-0.4, -0.2) is 59.8 Å². The van der Waals surface area contributed by atoms with Gasteiger partial charge in [0.1, 0.15) is 0 Å². The quantitative estimate of drug-likeness (QED) is 0.539. The van der Waals surface area contributed by atoms with Crippen LogP contribution >= 0.6 is 0 Å². The van der Waals surface area contributed by atoms with Crippen molar-refractivity contribution < 1.29 is 16.8 Å². The zero-order chi connectivity index (χ0) is 12.8. The largest absolute Gasteiger partial charge is 0.330 e. The molecule has 0 aromatic rings. The molecule has 0 aliphatic rings. The molecule has 0 atom stereocenters. The fraction of sp³-hybridized carbons (Fsp3) is 1.00. The lowest BCUT2D eigenvalue weighted by Gasteiger charge is -2.11. The van der Waals surface area contributed by atoms with Crippen molar-refractivity contribution >= 4 is 20.0 Å². The Morgan fingerprint density at radius 1 is 1.12 bits per heavy atom. The monoisotopic (exact) mass is 273 g/mol. The molecule has 0 fully saturated rings. The summed E-state index contributed by atoms with van der Waals surface area (Å²) in [6, 6.07) is 0. The first-order valence-electron chi connectivity index (χ1n) is 4.79. The molecule has 0 saturated heterocycles. The Morgan fingerprint density at radius 2 is 1.69 bits per heavy atom. The van der Waals surface area contributed by atoms with Gasteiger partial charge >= 0.3 is 0 Å². The Bertz CT molecular complexity index is 388. The number of nitrogens with zero attached hydrogens (tertiary/aromatic N) is 1. The molecular weight excluding hydrogens is 254 g/mol. The molecule has 0 unspecified atom stereocenters. The van der Waals surface area contributed by atoms with Gasteiger partial charge in [-0.05, 0) is 13.0 Å². The predicted octanol–water partition coefficient (Wildman–Crippen LogP) is -1.85. The molecule has 0 spiro atoms. The highest BCUT2D eigenvalue weighted by Crippen LogP contribution is 1.94. The average Bonchev–Trinajstić information content (AvgIpc) is 2.14. The SMILES string of the molecule is CN(C)S(=O)(=O)CCNS(=O)(=O)CCCN. The van der Waals surface area contributed by atoms with E-state index in [9.17, 15) is 16.8 Å². The first-order valence-corrected chi connectivity index (χ1v) is 8.05. The minimum absolute atomic E-state index is 0.0779. The highest BCUT2D eigenvalue weighted by molar-refractivity contribution is 7.90. The van der Waals surface area contributed by atoms with Crippen LogP contribution in [0.15, 0.2) is 0 Å². The molecule has 0 aliphatic heterocycles. The molecule has 16 heavy (non-hydrogen) atoms. The van der Waals surface area contributed by atoms with Crippen LogP contribution in [0.4, 0.5) is 0 Å². The van der Waals surface area contributed by atoms with Crippen molar-refractivity contribution in [1.82, 2.24) is 9.03 Å². The van der Waals surface area contributed by atoms with Crippen LogP contribution in [0.3, 0.4) is 0 Å². The van der Waals surface area contributed by atoms with E-state index < -0.39 is 20.0 Å². The van der Waals surface area contributed by atoms with Crippen LogP contribution in [0.25, 0.3) is 0 Å². The molecule has 0 heterocycles. The summed E-state index contributed by atoms with van der Waals surface area (Å²) in [5.41, 5.74) is 5.18. The molecule has 9 heteroatoms. The minimum Gasteiger partial charge on any atom is -0.330 e. The molecule has 7 nitrogen and oxygen atoms in total. The topological polar surface area (TPSA) is 110 Å². The standard InChI is InChI=1S/C7H19N3O4S2/c1-10(2)16(13,14)7-5-9-15(11,12)6-3-4-8/h9H,3-8H2,1-2H3. The number of rotatable bonds is 8. The van der Waals surface area contributed by atoms with Gasteiger partial charge in [-0.2, -0.15) is 0 Å². The molecule has 0 bridgehead atoms. The van der Waals surface area contributed by atoms with Gasteiger partial charge in [0.15, 0.2) is 0 Å². The third kappa shape index (κ3) is 6.38. The van der Waals surface area contributed by atoms with Crippen molar-refractivity contribution in [1.29, 1.82) is 0 Å². The molecule has 0 saturated carbocycles. The van der Waals surface area contributed by atoms with Gasteiger partial charge in [-0.3, -0.25) is 0 Å². The normalized spacial score (nSPS) is 13.2. The lowest BCUT2D eigenvalue weighted by Crippen LogP contribution is -2.35. The third-order valence-corrected chi connectivity index (χ3v) is 5.16. The van der Waals surface area contributed by atoms with Crippen molar-refractivity contribution in [2.45, 2.75) is 6.42 Å². The van der Waals surface area contributed by atoms with Gasteiger partial charge < -0.3 is 5.73 Å². The van der Waals surface area contributed by atoms with E-state index in [-0.39, 0.29) is 24.6 Å². The van der Waals surface area contributed by atoms with Crippen LogP contribution in [0.2, 0.25) is 0 Å². The summed E-state index contributed by atoms with van der Waals surface area (Å²) in [5, 5.41) is 0. The van der Waals surface area contributed by atoms with Gasteiger partial charge in [0.25, 0.3) is 0 Å². The lowest BCUT2D eigenvalue weighted by molar-refractivity contribution is 0.519. The van der Waals surface area contributed by atoms with Gasteiger partial charge in [-0.25, -0.2) is 25.9 Å². The zero-order valence-electron chi connectivity index (χ0n) is 9.51. The summed E-state index contributed by atoms with van der Waals surface area (Å²) in [7, 11) is -3.96. The van der Waals surface area contributed by atoms with E-state index >= 15 is 0 Å². The van der Waals surface area contributed by atoms with Crippen molar-refractivity contribution in [3.63, 3.8) is 0 Å². The Morgan fingerprint density at radius 3 is 2.12 bits per heavy atom. The maximum absolute atomic E-state index is 11.3. The molecular formula is C7H19N3O4S2. The number of hydrogen-bond acceptors (Lipinski definition) is 5. The summed E-state index contributed by atoms with van der Waals surface area (Å²) in [6.45, 7) is 0.171. The number of nitrogens with one attached hydrogen (secondary N) is 1. The minimum atomic E-state index is -3.40. The predicted molar refractivity (Wildman–Crippen MR) is 62.9 cm³/mol. The van der Waals surface area contributed by atoms with Crippen LogP contribution in [0, 0.1) is 0 Å². The second-order valence-electron chi connectivity index (χ2n) is 3.45. The number of sulfonamides is 2. The van der Waals surface area contributed by atoms with E-state index in [1.165, 1.54) is 14.1 Å². The van der Waals surface area contributed by atoms with Crippen molar-refractivity contribution in [3.05, 3.63) is 0 Å². The van der Waals surface area contributed by atoms with E-state index in [1.54, 1.807) is 0 Å². The highest BCUT2D eigenvalue weighted by atomic mass is 32.2. The number of nitrogens with two attached hydrogens (primary N) is 1. The maximum Gasteiger partial charge on any atom is 0.214 e. The van der Waals surface area contributed by atoms with Crippen molar-refractivity contribution in [2.75, 3.05) is 38.7 Å². The summed E-state index contributed by atoms with van der Waals surface area (Å²) >= 11 is 0.